The van der Waals surface area contributed by atoms with Gasteiger partial charge in [0.2, 0.25) is 0 Å². The summed E-state index contributed by atoms with van der Waals surface area (Å²) in [6, 6.07) is 0.239. The zero-order chi connectivity index (χ0) is 16.3. The maximum absolute atomic E-state index is 12.0. The molecule has 122 valence electrons. The van der Waals surface area contributed by atoms with Gasteiger partial charge in [-0.1, -0.05) is 41.5 Å². The first kappa shape index (κ1) is 21.5. The van der Waals surface area contributed by atoms with Crippen LogP contribution < -0.4 is 5.32 Å². The second-order valence-electron chi connectivity index (χ2n) is 5.69. The normalized spacial score (nSPS) is 18.5. The minimum atomic E-state index is -0.413. The fourth-order valence-corrected chi connectivity index (χ4v) is 1.87. The van der Waals surface area contributed by atoms with Crippen LogP contribution in [0.1, 0.15) is 62.3 Å². The molecule has 1 N–H and O–H groups in total. The molecule has 0 aliphatic carbocycles. The highest BCUT2D eigenvalue weighted by molar-refractivity contribution is 5.68. The summed E-state index contributed by atoms with van der Waals surface area (Å²) in [5.74, 6) is 0.445. The number of nitrogens with one attached hydrogen (secondary N) is 1. The van der Waals surface area contributed by atoms with Gasteiger partial charge in [-0.15, -0.1) is 0 Å². The van der Waals surface area contributed by atoms with Crippen molar-refractivity contribution >= 4 is 6.09 Å². The molecular formula is C16H36N2O2. The maximum atomic E-state index is 12.0. The molecule has 1 amide bonds. The molecule has 1 fully saturated rings. The lowest BCUT2D eigenvalue weighted by atomic mass is 10.0. The summed E-state index contributed by atoms with van der Waals surface area (Å²) in [7, 11) is 0. The average Bonchev–Trinajstić information content (AvgIpc) is 2.41. The minimum Gasteiger partial charge on any atom is -0.444 e. The van der Waals surface area contributed by atoms with Gasteiger partial charge in [-0.3, -0.25) is 0 Å². The topological polar surface area (TPSA) is 41.6 Å². The van der Waals surface area contributed by atoms with E-state index >= 15 is 0 Å². The number of hydrogen-bond acceptors (Lipinski definition) is 3. The summed E-state index contributed by atoms with van der Waals surface area (Å²) in [4.78, 5) is 13.9. The van der Waals surface area contributed by atoms with Gasteiger partial charge >= 0.3 is 6.09 Å². The molecule has 0 aromatic carbocycles. The molecule has 0 radical (unpaired) electrons. The monoisotopic (exact) mass is 288 g/mol. The van der Waals surface area contributed by atoms with E-state index in [1.807, 2.05) is 53.4 Å². The van der Waals surface area contributed by atoms with Gasteiger partial charge in [0.05, 0.1) is 0 Å². The van der Waals surface area contributed by atoms with Crippen molar-refractivity contribution in [2.75, 3.05) is 19.6 Å². The highest BCUT2D eigenvalue weighted by Crippen LogP contribution is 2.17. The number of ether oxygens (including phenoxy) is 1. The molecule has 4 heteroatoms. The van der Waals surface area contributed by atoms with E-state index < -0.39 is 5.60 Å². The highest BCUT2D eigenvalue weighted by Gasteiger charge is 2.31. The van der Waals surface area contributed by atoms with Crippen molar-refractivity contribution in [3.05, 3.63) is 0 Å². The van der Waals surface area contributed by atoms with Crippen molar-refractivity contribution < 1.29 is 9.53 Å². The first-order valence-corrected chi connectivity index (χ1v) is 8.01. The van der Waals surface area contributed by atoms with E-state index in [2.05, 4.69) is 19.2 Å². The summed E-state index contributed by atoms with van der Waals surface area (Å²) in [6.07, 6.45) is -0.187. The second kappa shape index (κ2) is 11.0. The van der Waals surface area contributed by atoms with Gasteiger partial charge in [-0.25, -0.2) is 4.79 Å². The van der Waals surface area contributed by atoms with E-state index in [9.17, 15) is 4.79 Å². The van der Waals surface area contributed by atoms with E-state index in [1.54, 1.807) is 0 Å². The number of hydrogen-bond donors (Lipinski definition) is 1. The lowest BCUT2D eigenvalue weighted by molar-refractivity contribution is 0.00652. The Morgan fingerprint density at radius 3 is 2.10 bits per heavy atom. The zero-order valence-electron chi connectivity index (χ0n) is 15.0. The van der Waals surface area contributed by atoms with Crippen LogP contribution >= 0.6 is 0 Å². The smallest absolute Gasteiger partial charge is 0.410 e. The van der Waals surface area contributed by atoms with Crippen LogP contribution in [-0.4, -0.2) is 42.3 Å². The molecule has 4 nitrogen and oxygen atoms in total. The molecule has 0 saturated carbocycles. The van der Waals surface area contributed by atoms with Gasteiger partial charge in [0.1, 0.15) is 5.60 Å². The predicted molar refractivity (Wildman–Crippen MR) is 87.1 cm³/mol. The van der Waals surface area contributed by atoms with E-state index in [0.717, 1.165) is 19.6 Å². The Labute approximate surface area is 126 Å². The maximum Gasteiger partial charge on any atom is 0.410 e. The SMILES string of the molecule is CC.CC.CC(C)[C@H]1CNCCN1C(=O)OC(C)(C)C. The number of rotatable bonds is 1. The third kappa shape index (κ3) is 8.41. The minimum absolute atomic E-state index is 0.187. The van der Waals surface area contributed by atoms with E-state index in [0.29, 0.717) is 5.92 Å². The summed E-state index contributed by atoms with van der Waals surface area (Å²) in [5, 5.41) is 3.31. The second-order valence-corrected chi connectivity index (χ2v) is 5.69. The number of carbonyl (C=O) groups excluding carboxylic acids is 1. The Hall–Kier alpha value is -0.770. The van der Waals surface area contributed by atoms with Crippen molar-refractivity contribution in [3.8, 4) is 0 Å². The van der Waals surface area contributed by atoms with Crippen LogP contribution in [0.25, 0.3) is 0 Å². The molecule has 0 bridgehead atoms. The molecule has 1 rings (SSSR count). The molecule has 0 spiro atoms. The summed E-state index contributed by atoms with van der Waals surface area (Å²) < 4.78 is 5.42. The summed E-state index contributed by atoms with van der Waals surface area (Å²) >= 11 is 0. The van der Waals surface area contributed by atoms with Crippen molar-refractivity contribution in [2.45, 2.75) is 74.0 Å². The van der Waals surface area contributed by atoms with Gasteiger partial charge in [-0.2, -0.15) is 0 Å². The summed E-state index contributed by atoms with van der Waals surface area (Å²) in [5.41, 5.74) is -0.413. The van der Waals surface area contributed by atoms with Crippen LogP contribution in [0.5, 0.6) is 0 Å². The molecule has 0 aromatic rings. The molecule has 1 aliphatic heterocycles. The third-order valence-corrected chi connectivity index (χ3v) is 2.68. The van der Waals surface area contributed by atoms with Gasteiger partial charge in [0, 0.05) is 25.7 Å². The Balaban J connectivity index is 0. The van der Waals surface area contributed by atoms with Crippen molar-refractivity contribution in [2.24, 2.45) is 5.92 Å². The van der Waals surface area contributed by atoms with Crippen LogP contribution in [0.4, 0.5) is 4.79 Å². The molecule has 0 aromatic heterocycles. The van der Waals surface area contributed by atoms with E-state index in [4.69, 9.17) is 4.74 Å². The third-order valence-electron chi connectivity index (χ3n) is 2.68. The standard InChI is InChI=1S/C12H24N2O2.2C2H6/c1-9(2)10-8-13-6-7-14(10)11(15)16-12(3,4)5;2*1-2/h9-10,13H,6-8H2,1-5H3;2*1-2H3/t10-;;/m1../s1. The molecule has 1 saturated heterocycles. The van der Waals surface area contributed by atoms with Gasteiger partial charge < -0.3 is 15.0 Å². The molecule has 1 atom stereocenters. The fourth-order valence-electron chi connectivity index (χ4n) is 1.87. The molecule has 1 heterocycles. The number of nitrogens with zero attached hydrogens (tertiary/aromatic N) is 1. The van der Waals surface area contributed by atoms with E-state index in [1.165, 1.54) is 0 Å². The van der Waals surface area contributed by atoms with Crippen LogP contribution in [0.3, 0.4) is 0 Å². The number of piperazine rings is 1. The van der Waals surface area contributed by atoms with E-state index in [-0.39, 0.29) is 12.1 Å². The van der Waals surface area contributed by atoms with Crippen LogP contribution in [0, 0.1) is 5.92 Å². The lowest BCUT2D eigenvalue weighted by Crippen LogP contribution is -2.56. The van der Waals surface area contributed by atoms with Crippen LogP contribution in [-0.2, 0) is 4.74 Å². The fraction of sp³-hybridized carbons (Fsp3) is 0.938. The van der Waals surface area contributed by atoms with Crippen molar-refractivity contribution in [1.82, 2.24) is 10.2 Å². The molecule has 0 unspecified atom stereocenters. The van der Waals surface area contributed by atoms with Crippen LogP contribution in [0.15, 0.2) is 0 Å². The Morgan fingerprint density at radius 2 is 1.70 bits per heavy atom. The van der Waals surface area contributed by atoms with Gasteiger partial charge in [-0.05, 0) is 26.7 Å². The quantitative estimate of drug-likeness (QED) is 0.795. The molecule has 20 heavy (non-hydrogen) atoms. The number of carbonyl (C=O) groups is 1. The van der Waals surface area contributed by atoms with Crippen LogP contribution in [0.2, 0.25) is 0 Å². The van der Waals surface area contributed by atoms with Gasteiger partial charge in [0.25, 0.3) is 0 Å². The highest BCUT2D eigenvalue weighted by atomic mass is 16.6. The Bertz CT molecular complexity index is 247. The Morgan fingerprint density at radius 1 is 1.20 bits per heavy atom. The summed E-state index contributed by atoms with van der Waals surface area (Å²) in [6.45, 7) is 20.4. The zero-order valence-corrected chi connectivity index (χ0v) is 15.0. The van der Waals surface area contributed by atoms with Crippen molar-refractivity contribution in [3.63, 3.8) is 0 Å². The first-order valence-electron chi connectivity index (χ1n) is 8.01. The Kier molecular flexibility index (Phi) is 11.8. The largest absolute Gasteiger partial charge is 0.444 e. The average molecular weight is 288 g/mol. The lowest BCUT2D eigenvalue weighted by Gasteiger charge is -2.39. The first-order chi connectivity index (χ1) is 9.31. The van der Waals surface area contributed by atoms with Crippen molar-refractivity contribution in [1.29, 1.82) is 0 Å². The molecule has 1 aliphatic rings. The molecular weight excluding hydrogens is 252 g/mol. The van der Waals surface area contributed by atoms with Gasteiger partial charge in [0.15, 0.2) is 0 Å². The number of amides is 1. The predicted octanol–water partition coefficient (Wildman–Crippen LogP) is 3.90.